The molecule has 0 atom stereocenters. The molecule has 0 aliphatic heterocycles. The Balaban J connectivity index is 2.97. The van der Waals surface area contributed by atoms with Crippen LogP contribution in [0.4, 0.5) is 10.9 Å². The third-order valence-electron chi connectivity index (χ3n) is 0.651. The first kappa shape index (κ1) is 5.94. The molecule has 0 fully saturated rings. The molecule has 4 nitrogen and oxygen atoms in total. The third-order valence-corrected chi connectivity index (χ3v) is 1.40. The molecular weight excluding hydrogens is 138 g/mol. The molecule has 0 bridgehead atoms. The van der Waals surface area contributed by atoms with Gasteiger partial charge in [-0.3, -0.25) is 0 Å². The van der Waals surface area contributed by atoms with Crippen LogP contribution in [0.3, 0.4) is 0 Å². The fourth-order valence-electron chi connectivity index (χ4n) is 0.367. The number of nitrogen functional groups attached to an aromatic ring is 1. The maximum absolute atomic E-state index is 9.62. The summed E-state index contributed by atoms with van der Waals surface area (Å²) in [5.41, 5.74) is 5.22. The quantitative estimate of drug-likeness (QED) is 0.462. The van der Waals surface area contributed by atoms with Crippen molar-refractivity contribution in [3.8, 4) is 0 Å². The molecule has 0 saturated carbocycles. The fraction of sp³-hybridized carbons (Fsp3) is 0. The van der Waals surface area contributed by atoms with E-state index in [9.17, 15) is 4.79 Å². The second kappa shape index (κ2) is 2.39. The van der Waals surface area contributed by atoms with Crippen LogP contribution in [0.1, 0.15) is 0 Å². The van der Waals surface area contributed by atoms with Gasteiger partial charge in [0.25, 0.3) is 0 Å². The molecule has 0 saturated heterocycles. The monoisotopic (exact) mass is 141 g/mol. The van der Waals surface area contributed by atoms with Gasteiger partial charge in [-0.2, -0.15) is 0 Å². The molecule has 0 aromatic carbocycles. The molecule has 9 heavy (non-hydrogen) atoms. The summed E-state index contributed by atoms with van der Waals surface area (Å²) in [6.07, 6.45) is 1.36. The number of nitrogens with two attached hydrogens (primary N) is 1. The number of hydrogen-bond donors (Lipinski definition) is 1. The first-order valence-corrected chi connectivity index (χ1v) is 3.00. The Morgan fingerprint density at radius 1 is 1.89 bits per heavy atom. The molecule has 5 heteroatoms. The van der Waals surface area contributed by atoms with Crippen molar-refractivity contribution in [2.45, 2.75) is 0 Å². The van der Waals surface area contributed by atoms with E-state index < -0.39 is 0 Å². The number of anilines is 1. The fourth-order valence-corrected chi connectivity index (χ4v) is 0.894. The van der Waals surface area contributed by atoms with Gasteiger partial charge in [0.2, 0.25) is 11.2 Å². The van der Waals surface area contributed by atoms with Crippen molar-refractivity contribution in [2.24, 2.45) is 4.99 Å². The smallest absolute Gasteiger partial charge is 0.242 e. The zero-order valence-corrected chi connectivity index (χ0v) is 5.18. The van der Waals surface area contributed by atoms with Crippen LogP contribution in [-0.4, -0.2) is 11.1 Å². The molecule has 1 heterocycles. The number of rotatable bonds is 1. The molecule has 0 spiro atoms. The first-order chi connectivity index (χ1) is 4.33. The highest BCUT2D eigenvalue weighted by Crippen LogP contribution is 2.18. The van der Waals surface area contributed by atoms with E-state index in [2.05, 4.69) is 9.98 Å². The summed E-state index contributed by atoms with van der Waals surface area (Å²) in [4.78, 5) is 16.5. The largest absolute Gasteiger partial charge is 0.383 e. The van der Waals surface area contributed by atoms with Gasteiger partial charge in [-0.1, -0.05) is 0 Å². The normalized spacial score (nSPS) is 8.44. The molecule has 1 aromatic heterocycles. The van der Waals surface area contributed by atoms with Crippen LogP contribution < -0.4 is 5.73 Å². The van der Waals surface area contributed by atoms with Crippen molar-refractivity contribution < 1.29 is 4.79 Å². The number of aliphatic imine (C=N–C) groups is 1. The summed E-state index contributed by atoms with van der Waals surface area (Å²) in [7, 11) is 0. The Morgan fingerprint density at radius 3 is 3.11 bits per heavy atom. The summed E-state index contributed by atoms with van der Waals surface area (Å²) >= 11 is 1.21. The number of carbonyl (C=O) groups excluding carboxylic acids is 1. The van der Waals surface area contributed by atoms with Crippen LogP contribution in [0.5, 0.6) is 0 Å². The van der Waals surface area contributed by atoms with E-state index in [1.54, 1.807) is 5.38 Å². The van der Waals surface area contributed by atoms with Crippen LogP contribution in [0.2, 0.25) is 0 Å². The van der Waals surface area contributed by atoms with Gasteiger partial charge in [0.1, 0.15) is 5.82 Å². The van der Waals surface area contributed by atoms with E-state index in [4.69, 9.17) is 5.73 Å². The molecule has 0 unspecified atom stereocenters. The Labute approximate surface area is 55.1 Å². The van der Waals surface area contributed by atoms with E-state index >= 15 is 0 Å². The molecule has 0 aliphatic carbocycles. The Hall–Kier alpha value is -1.19. The maximum Gasteiger partial charge on any atom is 0.242 e. The second-order valence-electron chi connectivity index (χ2n) is 1.26. The van der Waals surface area contributed by atoms with Crippen molar-refractivity contribution in [3.05, 3.63) is 5.38 Å². The van der Waals surface area contributed by atoms with Gasteiger partial charge in [-0.15, -0.1) is 16.3 Å². The van der Waals surface area contributed by atoms with E-state index in [0.29, 0.717) is 10.9 Å². The summed E-state index contributed by atoms with van der Waals surface area (Å²) in [5, 5.41) is 1.96. The van der Waals surface area contributed by atoms with E-state index in [1.165, 1.54) is 17.4 Å². The molecule has 0 aliphatic rings. The molecular formula is C4H3N3OS. The van der Waals surface area contributed by atoms with Crippen molar-refractivity contribution in [1.29, 1.82) is 0 Å². The third kappa shape index (κ3) is 1.35. The number of aromatic nitrogens is 1. The lowest BCUT2D eigenvalue weighted by Gasteiger charge is -1.72. The number of nitrogens with zero attached hydrogens (tertiary/aromatic N) is 2. The van der Waals surface area contributed by atoms with Gasteiger partial charge in [-0.25, -0.2) is 9.78 Å². The van der Waals surface area contributed by atoms with Crippen molar-refractivity contribution >= 4 is 28.4 Å². The highest BCUT2D eigenvalue weighted by molar-refractivity contribution is 7.13. The maximum atomic E-state index is 9.62. The zero-order chi connectivity index (χ0) is 6.69. The van der Waals surface area contributed by atoms with Gasteiger partial charge in [0.05, 0.1) is 0 Å². The lowest BCUT2D eigenvalue weighted by Crippen LogP contribution is -1.80. The van der Waals surface area contributed by atoms with Crippen LogP contribution in [0.15, 0.2) is 10.4 Å². The predicted octanol–water partition coefficient (Wildman–Crippen LogP) is 0.693. The highest BCUT2D eigenvalue weighted by Gasteiger charge is 1.92. The van der Waals surface area contributed by atoms with Crippen LogP contribution in [0, 0.1) is 0 Å². The average Bonchev–Trinajstić information content (AvgIpc) is 2.17. The molecule has 1 rings (SSSR count). The lowest BCUT2D eigenvalue weighted by molar-refractivity contribution is 0.565. The predicted molar refractivity (Wildman–Crippen MR) is 34.3 cm³/mol. The molecule has 46 valence electrons. The molecule has 2 N–H and O–H groups in total. The molecule has 0 amide bonds. The van der Waals surface area contributed by atoms with Gasteiger partial charge in [0.15, 0.2) is 0 Å². The highest BCUT2D eigenvalue weighted by atomic mass is 32.1. The first-order valence-electron chi connectivity index (χ1n) is 2.12. The van der Waals surface area contributed by atoms with E-state index in [1.807, 2.05) is 0 Å². The summed E-state index contributed by atoms with van der Waals surface area (Å²) < 4.78 is 0. The van der Waals surface area contributed by atoms with Crippen LogP contribution in [-0.2, 0) is 4.79 Å². The molecule has 0 radical (unpaired) electrons. The minimum absolute atomic E-state index is 0.350. The van der Waals surface area contributed by atoms with Crippen LogP contribution >= 0.6 is 11.3 Å². The Morgan fingerprint density at radius 2 is 2.67 bits per heavy atom. The summed E-state index contributed by atoms with van der Waals surface area (Å²) in [6.45, 7) is 0. The summed E-state index contributed by atoms with van der Waals surface area (Å²) in [6, 6.07) is 0. The topological polar surface area (TPSA) is 68.3 Å². The Kier molecular flexibility index (Phi) is 1.58. The number of isocyanates is 1. The van der Waals surface area contributed by atoms with Gasteiger partial charge in [-0.05, 0) is 0 Å². The van der Waals surface area contributed by atoms with Gasteiger partial charge in [0, 0.05) is 5.38 Å². The standard InChI is InChI=1S/C4H3N3OS/c5-3-1-9-4(7-3)6-2-8/h1H,5H2. The average molecular weight is 141 g/mol. The minimum Gasteiger partial charge on any atom is -0.383 e. The summed E-state index contributed by atoms with van der Waals surface area (Å²) in [5.74, 6) is 0.383. The SMILES string of the molecule is Nc1csc(N=C=O)n1. The van der Waals surface area contributed by atoms with Crippen molar-refractivity contribution in [3.63, 3.8) is 0 Å². The lowest BCUT2D eigenvalue weighted by atomic mass is 10.8. The molecule has 1 aromatic rings. The number of thiazole rings is 1. The van der Waals surface area contributed by atoms with Crippen molar-refractivity contribution in [2.75, 3.05) is 5.73 Å². The Bertz CT molecular complexity index is 250. The second-order valence-corrected chi connectivity index (χ2v) is 2.09. The van der Waals surface area contributed by atoms with Gasteiger partial charge < -0.3 is 5.73 Å². The van der Waals surface area contributed by atoms with E-state index in [-0.39, 0.29) is 0 Å². The minimum atomic E-state index is 0.350. The zero-order valence-electron chi connectivity index (χ0n) is 4.37. The van der Waals surface area contributed by atoms with Crippen molar-refractivity contribution in [1.82, 2.24) is 4.98 Å². The van der Waals surface area contributed by atoms with Gasteiger partial charge >= 0.3 is 0 Å². The number of hydrogen-bond acceptors (Lipinski definition) is 5. The van der Waals surface area contributed by atoms with Crippen LogP contribution in [0.25, 0.3) is 0 Å². The van der Waals surface area contributed by atoms with E-state index in [0.717, 1.165) is 0 Å².